The van der Waals surface area contributed by atoms with Crippen molar-refractivity contribution >= 4 is 9.24 Å². The fourth-order valence-electron chi connectivity index (χ4n) is 2.35. The van der Waals surface area contributed by atoms with Gasteiger partial charge >= 0.3 is 0 Å². The summed E-state index contributed by atoms with van der Waals surface area (Å²) in [5.41, 5.74) is 4.66. The van der Waals surface area contributed by atoms with Gasteiger partial charge in [0, 0.05) is 12.1 Å². The van der Waals surface area contributed by atoms with Crippen LogP contribution in [0.15, 0.2) is 18.2 Å². The van der Waals surface area contributed by atoms with Crippen molar-refractivity contribution in [1.29, 1.82) is 0 Å². The topological polar surface area (TPSA) is 3.24 Å². The standard InChI is InChI=1S/C13H20NP/c1-13(2)12-5-4-10(9-15)8-11(12)6-7-14(13)3/h4-5,8H,6-7,9,15H2,1-3H3. The van der Waals surface area contributed by atoms with Crippen LogP contribution in [0.25, 0.3) is 0 Å². The molecule has 1 aliphatic heterocycles. The van der Waals surface area contributed by atoms with Gasteiger partial charge in [0.05, 0.1) is 0 Å². The average Bonchev–Trinajstić information content (AvgIpc) is 2.23. The number of hydrogen-bond donors (Lipinski definition) is 0. The lowest BCUT2D eigenvalue weighted by Crippen LogP contribution is -2.43. The largest absolute Gasteiger partial charge is 0.297 e. The molecule has 0 fully saturated rings. The van der Waals surface area contributed by atoms with Crippen LogP contribution in [-0.2, 0) is 18.1 Å². The van der Waals surface area contributed by atoms with E-state index >= 15 is 0 Å². The van der Waals surface area contributed by atoms with Gasteiger partial charge in [-0.05, 0) is 50.2 Å². The van der Waals surface area contributed by atoms with E-state index in [0.29, 0.717) is 0 Å². The van der Waals surface area contributed by atoms with Crippen molar-refractivity contribution < 1.29 is 0 Å². The second kappa shape index (κ2) is 3.88. The quantitative estimate of drug-likeness (QED) is 0.659. The van der Waals surface area contributed by atoms with E-state index in [0.717, 1.165) is 6.16 Å². The first-order valence-corrected chi connectivity index (χ1v) is 6.41. The minimum atomic E-state index is 0.187. The van der Waals surface area contributed by atoms with Crippen LogP contribution in [0.1, 0.15) is 30.5 Å². The second-order valence-electron chi connectivity index (χ2n) is 4.93. The van der Waals surface area contributed by atoms with Crippen LogP contribution in [0.4, 0.5) is 0 Å². The van der Waals surface area contributed by atoms with Crippen molar-refractivity contribution in [3.63, 3.8) is 0 Å². The Labute approximate surface area is 95.1 Å². The number of rotatable bonds is 1. The Hall–Kier alpha value is -0.390. The van der Waals surface area contributed by atoms with Gasteiger partial charge in [0.25, 0.3) is 0 Å². The van der Waals surface area contributed by atoms with Crippen molar-refractivity contribution in [3.8, 4) is 0 Å². The molecule has 1 heterocycles. The number of hydrogen-bond acceptors (Lipinski definition) is 1. The zero-order valence-electron chi connectivity index (χ0n) is 9.88. The Morgan fingerprint density at radius 3 is 2.80 bits per heavy atom. The van der Waals surface area contributed by atoms with Crippen molar-refractivity contribution in [2.45, 2.75) is 32.0 Å². The van der Waals surface area contributed by atoms with E-state index in [1.165, 1.54) is 29.7 Å². The maximum atomic E-state index is 2.80. The van der Waals surface area contributed by atoms with Crippen LogP contribution in [0, 0.1) is 0 Å². The lowest BCUT2D eigenvalue weighted by molar-refractivity contribution is 0.143. The molecule has 0 aliphatic carbocycles. The molecule has 0 saturated carbocycles. The zero-order chi connectivity index (χ0) is 11.1. The smallest absolute Gasteiger partial charge is 0.0404 e. The Balaban J connectivity index is 2.48. The Morgan fingerprint density at radius 1 is 1.40 bits per heavy atom. The van der Waals surface area contributed by atoms with Crippen LogP contribution in [0.3, 0.4) is 0 Å². The summed E-state index contributed by atoms with van der Waals surface area (Å²) in [6.45, 7) is 5.79. The maximum Gasteiger partial charge on any atom is 0.0404 e. The molecule has 0 aromatic heterocycles. The molecule has 0 saturated heterocycles. The molecule has 1 nitrogen and oxygen atoms in total. The van der Waals surface area contributed by atoms with E-state index in [4.69, 9.17) is 0 Å². The Bertz CT molecular complexity index is 371. The molecule has 1 aromatic carbocycles. The summed E-state index contributed by atoms with van der Waals surface area (Å²) < 4.78 is 0. The summed E-state index contributed by atoms with van der Waals surface area (Å²) in [5.74, 6) is 0. The Kier molecular flexibility index (Phi) is 2.87. The van der Waals surface area contributed by atoms with Crippen molar-refractivity contribution in [2.24, 2.45) is 0 Å². The minimum Gasteiger partial charge on any atom is -0.297 e. The molecular formula is C13H20NP. The van der Waals surface area contributed by atoms with E-state index in [2.05, 4.69) is 53.2 Å². The summed E-state index contributed by atoms with van der Waals surface area (Å²) in [4.78, 5) is 2.44. The monoisotopic (exact) mass is 221 g/mol. The van der Waals surface area contributed by atoms with E-state index in [1.807, 2.05) is 0 Å². The number of fused-ring (bicyclic) bond motifs is 1. The molecule has 1 aromatic rings. The third-order valence-corrected chi connectivity index (χ3v) is 4.21. The third-order valence-electron chi connectivity index (χ3n) is 3.74. The van der Waals surface area contributed by atoms with Gasteiger partial charge in [-0.2, -0.15) is 0 Å². The van der Waals surface area contributed by atoms with E-state index in [-0.39, 0.29) is 5.54 Å². The predicted octanol–water partition coefficient (Wildman–Crippen LogP) is 2.78. The molecule has 0 spiro atoms. The number of benzene rings is 1. The van der Waals surface area contributed by atoms with Crippen LogP contribution in [0.2, 0.25) is 0 Å². The Morgan fingerprint density at radius 2 is 2.13 bits per heavy atom. The summed E-state index contributed by atoms with van der Waals surface area (Å²) in [5, 5.41) is 0. The molecular weight excluding hydrogens is 201 g/mol. The highest BCUT2D eigenvalue weighted by molar-refractivity contribution is 7.15. The van der Waals surface area contributed by atoms with Gasteiger partial charge in [0.1, 0.15) is 0 Å². The lowest BCUT2D eigenvalue weighted by Gasteiger charge is -2.41. The van der Waals surface area contributed by atoms with Gasteiger partial charge in [-0.1, -0.05) is 18.2 Å². The molecule has 0 radical (unpaired) electrons. The molecule has 0 amide bonds. The van der Waals surface area contributed by atoms with E-state index in [1.54, 1.807) is 0 Å². The fraction of sp³-hybridized carbons (Fsp3) is 0.538. The number of likely N-dealkylation sites (N-methyl/N-ethyl adjacent to an activating group) is 1. The van der Waals surface area contributed by atoms with Crippen LogP contribution in [-0.4, -0.2) is 18.5 Å². The van der Waals surface area contributed by atoms with Gasteiger partial charge in [0.15, 0.2) is 0 Å². The molecule has 2 rings (SSSR count). The fourth-order valence-corrected chi connectivity index (χ4v) is 2.60. The van der Waals surface area contributed by atoms with Crippen molar-refractivity contribution in [2.75, 3.05) is 13.6 Å². The second-order valence-corrected chi connectivity index (χ2v) is 5.33. The summed E-state index contributed by atoms with van der Waals surface area (Å²) in [6, 6.07) is 6.94. The summed E-state index contributed by atoms with van der Waals surface area (Å²) >= 11 is 0. The third kappa shape index (κ3) is 1.84. The highest BCUT2D eigenvalue weighted by Crippen LogP contribution is 2.34. The first kappa shape index (κ1) is 11.1. The SMILES string of the molecule is CN1CCc2cc(CP)ccc2C1(C)C. The van der Waals surface area contributed by atoms with Crippen LogP contribution in [0.5, 0.6) is 0 Å². The number of nitrogens with zero attached hydrogens (tertiary/aromatic N) is 1. The summed E-state index contributed by atoms with van der Waals surface area (Å²) in [6.07, 6.45) is 2.25. The maximum absolute atomic E-state index is 2.80. The molecule has 0 N–H and O–H groups in total. The van der Waals surface area contributed by atoms with Gasteiger partial charge in [-0.25, -0.2) is 0 Å². The molecule has 1 atom stereocenters. The van der Waals surface area contributed by atoms with Gasteiger partial charge in [-0.15, -0.1) is 9.24 Å². The molecule has 0 bridgehead atoms. The minimum absolute atomic E-state index is 0.187. The summed E-state index contributed by atoms with van der Waals surface area (Å²) in [7, 11) is 5.01. The molecule has 1 unspecified atom stereocenters. The van der Waals surface area contributed by atoms with Crippen LogP contribution >= 0.6 is 9.24 Å². The van der Waals surface area contributed by atoms with Crippen molar-refractivity contribution in [1.82, 2.24) is 4.90 Å². The van der Waals surface area contributed by atoms with E-state index < -0.39 is 0 Å². The molecule has 2 heteroatoms. The first-order valence-electron chi connectivity index (χ1n) is 5.59. The van der Waals surface area contributed by atoms with Crippen molar-refractivity contribution in [3.05, 3.63) is 34.9 Å². The normalized spacial score (nSPS) is 20.0. The lowest BCUT2D eigenvalue weighted by atomic mass is 9.83. The first-order chi connectivity index (χ1) is 7.05. The average molecular weight is 221 g/mol. The van der Waals surface area contributed by atoms with Gasteiger partial charge in [0.2, 0.25) is 0 Å². The molecule has 82 valence electrons. The van der Waals surface area contributed by atoms with Gasteiger partial charge < -0.3 is 0 Å². The molecule has 1 aliphatic rings. The zero-order valence-corrected chi connectivity index (χ0v) is 11.0. The predicted molar refractivity (Wildman–Crippen MR) is 69.2 cm³/mol. The van der Waals surface area contributed by atoms with E-state index in [9.17, 15) is 0 Å². The van der Waals surface area contributed by atoms with Crippen LogP contribution < -0.4 is 0 Å². The molecule has 15 heavy (non-hydrogen) atoms. The highest BCUT2D eigenvalue weighted by Gasteiger charge is 2.31. The van der Waals surface area contributed by atoms with Gasteiger partial charge in [-0.3, -0.25) is 4.90 Å². The highest BCUT2D eigenvalue weighted by atomic mass is 31.0.